The summed E-state index contributed by atoms with van der Waals surface area (Å²) in [5.74, 6) is 0. The number of benzene rings is 1. The summed E-state index contributed by atoms with van der Waals surface area (Å²) in [5.41, 5.74) is 4.31. The van der Waals surface area contributed by atoms with Gasteiger partial charge in [-0.05, 0) is 23.8 Å². The van der Waals surface area contributed by atoms with Crippen molar-refractivity contribution in [2.24, 2.45) is 0 Å². The largest absolute Gasteiger partial charge is 0.264 e. The molecule has 86 valence electrons. The first kappa shape index (κ1) is 10.7. The van der Waals surface area contributed by atoms with Gasteiger partial charge in [-0.25, -0.2) is 0 Å². The first-order chi connectivity index (χ1) is 8.95. The van der Waals surface area contributed by atoms with Gasteiger partial charge in [0.15, 0.2) is 0 Å². The molecule has 0 spiro atoms. The number of hydrogen-bond donors (Lipinski definition) is 0. The Morgan fingerprint density at radius 2 is 1.44 bits per heavy atom. The lowest BCUT2D eigenvalue weighted by atomic mass is 10.0. The molecule has 1 aromatic carbocycles. The molecule has 3 aromatic rings. The molecule has 0 saturated heterocycles. The Hall–Kier alpha value is -2.48. The molecular formula is C16H12N2. The van der Waals surface area contributed by atoms with Crippen molar-refractivity contribution < 1.29 is 0 Å². The molecule has 0 radical (unpaired) electrons. The van der Waals surface area contributed by atoms with E-state index in [0.29, 0.717) is 0 Å². The zero-order valence-electron chi connectivity index (χ0n) is 9.82. The maximum Gasteiger partial charge on any atom is 0.0795 e. The Morgan fingerprint density at radius 1 is 0.667 bits per heavy atom. The standard InChI is InChI=1S/C16H12N2/c1-2-6-13(7-3-1)15-9-5-11-18-16(15)14-8-4-10-17-12-14/h1-12H. The molecule has 2 heterocycles. The maximum atomic E-state index is 4.49. The van der Waals surface area contributed by atoms with Crippen molar-refractivity contribution in [1.82, 2.24) is 9.97 Å². The Kier molecular flexibility index (Phi) is 2.84. The van der Waals surface area contributed by atoms with Gasteiger partial charge in [-0.2, -0.15) is 0 Å². The van der Waals surface area contributed by atoms with Gasteiger partial charge in [-0.15, -0.1) is 0 Å². The highest BCUT2D eigenvalue weighted by Crippen LogP contribution is 2.29. The molecule has 0 aliphatic heterocycles. The molecule has 0 aliphatic carbocycles. The van der Waals surface area contributed by atoms with E-state index < -0.39 is 0 Å². The number of hydrogen-bond acceptors (Lipinski definition) is 2. The summed E-state index contributed by atoms with van der Waals surface area (Å²) in [4.78, 5) is 8.64. The fourth-order valence-electron chi connectivity index (χ4n) is 1.99. The van der Waals surface area contributed by atoms with E-state index in [9.17, 15) is 0 Å². The van der Waals surface area contributed by atoms with Crippen molar-refractivity contribution >= 4 is 0 Å². The SMILES string of the molecule is c1ccc(-c2cccnc2-c2cccnc2)cc1. The summed E-state index contributed by atoms with van der Waals surface area (Å²) in [6.07, 6.45) is 5.43. The maximum absolute atomic E-state index is 4.49. The van der Waals surface area contributed by atoms with Gasteiger partial charge < -0.3 is 0 Å². The van der Waals surface area contributed by atoms with E-state index in [1.165, 1.54) is 5.56 Å². The van der Waals surface area contributed by atoms with Gasteiger partial charge in [0, 0.05) is 29.7 Å². The minimum absolute atomic E-state index is 0.969. The van der Waals surface area contributed by atoms with Gasteiger partial charge in [-0.1, -0.05) is 36.4 Å². The van der Waals surface area contributed by atoms with Crippen molar-refractivity contribution in [2.75, 3.05) is 0 Å². The van der Waals surface area contributed by atoms with E-state index in [2.05, 4.69) is 28.2 Å². The van der Waals surface area contributed by atoms with Gasteiger partial charge in [0.2, 0.25) is 0 Å². The normalized spacial score (nSPS) is 10.2. The molecule has 0 N–H and O–H groups in total. The van der Waals surface area contributed by atoms with Crippen LogP contribution in [0, 0.1) is 0 Å². The summed E-state index contributed by atoms with van der Waals surface area (Å²) >= 11 is 0. The molecular weight excluding hydrogens is 220 g/mol. The Morgan fingerprint density at radius 3 is 2.22 bits per heavy atom. The van der Waals surface area contributed by atoms with Crippen LogP contribution in [0.2, 0.25) is 0 Å². The van der Waals surface area contributed by atoms with Gasteiger partial charge in [0.1, 0.15) is 0 Å². The summed E-state index contributed by atoms with van der Waals surface area (Å²) in [6, 6.07) is 18.3. The third-order valence-electron chi connectivity index (χ3n) is 2.83. The van der Waals surface area contributed by atoms with Crippen molar-refractivity contribution in [1.29, 1.82) is 0 Å². The second kappa shape index (κ2) is 4.80. The second-order valence-corrected chi connectivity index (χ2v) is 4.01. The molecule has 0 aliphatic rings. The Labute approximate surface area is 106 Å². The quantitative estimate of drug-likeness (QED) is 0.671. The third-order valence-corrected chi connectivity index (χ3v) is 2.83. The van der Waals surface area contributed by atoms with Crippen LogP contribution in [0.4, 0.5) is 0 Å². The lowest BCUT2D eigenvalue weighted by molar-refractivity contribution is 1.28. The van der Waals surface area contributed by atoms with Crippen LogP contribution in [-0.4, -0.2) is 9.97 Å². The zero-order chi connectivity index (χ0) is 12.2. The van der Waals surface area contributed by atoms with Crippen LogP contribution in [-0.2, 0) is 0 Å². The molecule has 0 amide bonds. The highest BCUT2D eigenvalue weighted by Gasteiger charge is 2.07. The van der Waals surface area contributed by atoms with Gasteiger partial charge in [-0.3, -0.25) is 9.97 Å². The molecule has 0 atom stereocenters. The van der Waals surface area contributed by atoms with E-state index in [0.717, 1.165) is 16.8 Å². The Bertz CT molecular complexity index is 575. The summed E-state index contributed by atoms with van der Waals surface area (Å²) < 4.78 is 0. The smallest absolute Gasteiger partial charge is 0.0795 e. The van der Waals surface area contributed by atoms with Crippen molar-refractivity contribution in [3.05, 3.63) is 73.2 Å². The van der Waals surface area contributed by atoms with Crippen LogP contribution < -0.4 is 0 Å². The van der Waals surface area contributed by atoms with Crippen LogP contribution in [0.15, 0.2) is 73.2 Å². The van der Waals surface area contributed by atoms with Crippen LogP contribution in [0.25, 0.3) is 22.4 Å². The van der Waals surface area contributed by atoms with Crippen LogP contribution in [0.3, 0.4) is 0 Å². The van der Waals surface area contributed by atoms with E-state index in [-0.39, 0.29) is 0 Å². The fourth-order valence-corrected chi connectivity index (χ4v) is 1.99. The molecule has 3 rings (SSSR count). The third kappa shape index (κ3) is 2.00. The minimum Gasteiger partial charge on any atom is -0.264 e. The average Bonchev–Trinajstić information content (AvgIpc) is 2.49. The topological polar surface area (TPSA) is 25.8 Å². The van der Waals surface area contributed by atoms with Crippen molar-refractivity contribution in [2.45, 2.75) is 0 Å². The molecule has 2 nitrogen and oxygen atoms in total. The molecule has 0 fully saturated rings. The Balaban J connectivity index is 2.18. The number of pyridine rings is 2. The summed E-state index contributed by atoms with van der Waals surface area (Å²) in [7, 11) is 0. The van der Waals surface area contributed by atoms with E-state index >= 15 is 0 Å². The van der Waals surface area contributed by atoms with Crippen molar-refractivity contribution in [3.63, 3.8) is 0 Å². The van der Waals surface area contributed by atoms with Crippen LogP contribution >= 0.6 is 0 Å². The van der Waals surface area contributed by atoms with Crippen LogP contribution in [0.1, 0.15) is 0 Å². The highest BCUT2D eigenvalue weighted by molar-refractivity contribution is 5.80. The molecule has 0 bridgehead atoms. The summed E-state index contributed by atoms with van der Waals surface area (Å²) in [5, 5.41) is 0. The first-order valence-corrected chi connectivity index (χ1v) is 5.86. The highest BCUT2D eigenvalue weighted by atomic mass is 14.7. The molecule has 0 unspecified atom stereocenters. The molecule has 0 saturated carbocycles. The minimum atomic E-state index is 0.969. The average molecular weight is 232 g/mol. The van der Waals surface area contributed by atoms with E-state index in [1.54, 1.807) is 6.20 Å². The number of nitrogens with zero attached hydrogens (tertiary/aromatic N) is 2. The predicted octanol–water partition coefficient (Wildman–Crippen LogP) is 3.81. The second-order valence-electron chi connectivity index (χ2n) is 4.01. The zero-order valence-corrected chi connectivity index (χ0v) is 9.82. The lowest BCUT2D eigenvalue weighted by Crippen LogP contribution is -1.88. The monoisotopic (exact) mass is 232 g/mol. The molecule has 2 heteroatoms. The van der Waals surface area contributed by atoms with Gasteiger partial charge >= 0.3 is 0 Å². The van der Waals surface area contributed by atoms with Crippen LogP contribution in [0.5, 0.6) is 0 Å². The van der Waals surface area contributed by atoms with E-state index in [4.69, 9.17) is 0 Å². The van der Waals surface area contributed by atoms with E-state index in [1.807, 2.05) is 48.8 Å². The number of rotatable bonds is 2. The summed E-state index contributed by atoms with van der Waals surface area (Å²) in [6.45, 7) is 0. The predicted molar refractivity (Wildman–Crippen MR) is 72.9 cm³/mol. The van der Waals surface area contributed by atoms with Gasteiger partial charge in [0.25, 0.3) is 0 Å². The first-order valence-electron chi connectivity index (χ1n) is 5.86. The number of aromatic nitrogens is 2. The lowest BCUT2D eigenvalue weighted by Gasteiger charge is -2.08. The fraction of sp³-hybridized carbons (Fsp3) is 0. The van der Waals surface area contributed by atoms with Crippen molar-refractivity contribution in [3.8, 4) is 22.4 Å². The molecule has 2 aromatic heterocycles. The van der Waals surface area contributed by atoms with Gasteiger partial charge in [0.05, 0.1) is 5.69 Å². The molecule has 18 heavy (non-hydrogen) atoms.